The maximum absolute atomic E-state index is 12.5. The molecule has 3 rings (SSSR count). The zero-order chi connectivity index (χ0) is 23.3. The fourth-order valence-corrected chi connectivity index (χ4v) is 4.08. The number of carbonyl (C=O) groups excluding carboxylic acids is 4. The van der Waals surface area contributed by atoms with Crippen LogP contribution >= 0.6 is 11.3 Å². The van der Waals surface area contributed by atoms with Crippen molar-refractivity contribution in [3.8, 4) is 0 Å². The number of ketones is 1. The molecule has 8 nitrogen and oxygen atoms in total. The van der Waals surface area contributed by atoms with Crippen molar-refractivity contribution in [2.75, 3.05) is 18.2 Å². The number of hydrazone groups is 1. The van der Waals surface area contributed by atoms with Crippen molar-refractivity contribution in [3.63, 3.8) is 0 Å². The van der Waals surface area contributed by atoms with Gasteiger partial charge >= 0.3 is 5.97 Å². The van der Waals surface area contributed by atoms with E-state index >= 15 is 0 Å². The molecule has 0 aliphatic carbocycles. The Bertz CT molecular complexity index is 1090. The minimum absolute atomic E-state index is 0.103. The molecule has 0 radical (unpaired) electrons. The molecule has 1 aliphatic rings. The summed E-state index contributed by atoms with van der Waals surface area (Å²) in [7, 11) is 0. The Hall–Kier alpha value is -3.33. The first-order valence-electron chi connectivity index (χ1n) is 10.3. The summed E-state index contributed by atoms with van der Waals surface area (Å²) in [5, 5.41) is 8.17. The van der Waals surface area contributed by atoms with E-state index in [2.05, 4.69) is 10.4 Å². The quantitative estimate of drug-likeness (QED) is 0.487. The normalized spacial score (nSPS) is 13.5. The minimum atomic E-state index is -0.705. The monoisotopic (exact) mass is 455 g/mol. The van der Waals surface area contributed by atoms with Gasteiger partial charge in [0.25, 0.3) is 0 Å². The predicted octanol–water partition coefficient (Wildman–Crippen LogP) is 2.95. The van der Waals surface area contributed by atoms with Crippen LogP contribution in [0.2, 0.25) is 0 Å². The largest absolute Gasteiger partial charge is 0.453 e. The first-order valence-corrected chi connectivity index (χ1v) is 11.1. The van der Waals surface area contributed by atoms with Gasteiger partial charge in [-0.15, -0.1) is 11.3 Å². The second-order valence-electron chi connectivity index (χ2n) is 7.54. The van der Waals surface area contributed by atoms with Crippen LogP contribution in [0.5, 0.6) is 0 Å². The molecule has 0 bridgehead atoms. The molecule has 0 unspecified atom stereocenters. The number of thiophene rings is 1. The molecule has 0 fully saturated rings. The maximum Gasteiger partial charge on any atom is 0.354 e. The molecule has 1 aromatic carbocycles. The lowest BCUT2D eigenvalue weighted by molar-refractivity contribution is -0.134. The molecule has 1 aromatic heterocycles. The molecule has 0 saturated carbocycles. The number of rotatable bonds is 8. The van der Waals surface area contributed by atoms with Crippen LogP contribution in [0.15, 0.2) is 35.4 Å². The van der Waals surface area contributed by atoms with Crippen LogP contribution in [0.4, 0.5) is 5.69 Å². The first-order chi connectivity index (χ1) is 15.2. The van der Waals surface area contributed by atoms with Gasteiger partial charge in [-0.3, -0.25) is 14.4 Å². The van der Waals surface area contributed by atoms with Gasteiger partial charge in [-0.2, -0.15) is 10.1 Å². The number of aryl methyl sites for hydroxylation is 2. The van der Waals surface area contributed by atoms with E-state index < -0.39 is 12.6 Å². The van der Waals surface area contributed by atoms with Crippen molar-refractivity contribution in [1.82, 2.24) is 5.32 Å². The highest BCUT2D eigenvalue weighted by atomic mass is 32.1. The summed E-state index contributed by atoms with van der Waals surface area (Å²) in [5.74, 6) is -1.32. The maximum atomic E-state index is 12.5. The average molecular weight is 456 g/mol. The second kappa shape index (κ2) is 10.3. The van der Waals surface area contributed by atoms with Crippen LogP contribution in [-0.4, -0.2) is 42.4 Å². The number of amides is 2. The Morgan fingerprint density at radius 2 is 1.94 bits per heavy atom. The SMILES string of the molecule is CC(=O)NCCc1ccc(C(=O)COC(=O)C2=NN(c3cc(C)ccc3C)C(=O)CC2)s1. The summed E-state index contributed by atoms with van der Waals surface area (Å²) < 4.78 is 5.19. The fourth-order valence-electron chi connectivity index (χ4n) is 3.15. The van der Waals surface area contributed by atoms with E-state index in [1.54, 1.807) is 6.07 Å². The van der Waals surface area contributed by atoms with Gasteiger partial charge in [-0.1, -0.05) is 12.1 Å². The Labute approximate surface area is 190 Å². The van der Waals surface area contributed by atoms with Crippen LogP contribution in [-0.2, 0) is 25.5 Å². The molecule has 168 valence electrons. The molecule has 1 aliphatic heterocycles. The van der Waals surface area contributed by atoms with Crippen molar-refractivity contribution in [3.05, 3.63) is 51.2 Å². The number of carbonyl (C=O) groups is 4. The summed E-state index contributed by atoms with van der Waals surface area (Å²) in [5.41, 5.74) is 2.58. The molecule has 2 amide bonds. The number of anilines is 1. The number of ether oxygens (including phenoxy) is 1. The van der Waals surface area contributed by atoms with Gasteiger partial charge in [-0.05, 0) is 49.6 Å². The zero-order valence-corrected chi connectivity index (χ0v) is 19.1. The summed E-state index contributed by atoms with van der Waals surface area (Å²) in [6, 6.07) is 9.18. The highest BCUT2D eigenvalue weighted by molar-refractivity contribution is 7.14. The summed E-state index contributed by atoms with van der Waals surface area (Å²) >= 11 is 1.31. The fraction of sp³-hybridized carbons (Fsp3) is 0.348. The van der Waals surface area contributed by atoms with E-state index in [0.29, 0.717) is 23.5 Å². The van der Waals surface area contributed by atoms with Crippen LogP contribution in [0.25, 0.3) is 0 Å². The standard InChI is InChI=1S/C23H25N3O5S/c1-14-4-5-15(2)19(12-14)26-22(29)9-7-18(25-26)23(30)31-13-20(28)21-8-6-17(32-21)10-11-24-16(3)27/h4-6,8,12H,7,9-11,13H2,1-3H3,(H,24,27). The Morgan fingerprint density at radius 1 is 1.16 bits per heavy atom. The molecule has 0 spiro atoms. The third-order valence-electron chi connectivity index (χ3n) is 4.88. The third-order valence-corrected chi connectivity index (χ3v) is 6.06. The number of nitrogens with zero attached hydrogens (tertiary/aromatic N) is 2. The van der Waals surface area contributed by atoms with Gasteiger partial charge in [0.2, 0.25) is 17.6 Å². The van der Waals surface area contributed by atoms with Crippen molar-refractivity contribution in [1.29, 1.82) is 0 Å². The van der Waals surface area contributed by atoms with Crippen molar-refractivity contribution in [2.24, 2.45) is 5.10 Å². The Kier molecular flexibility index (Phi) is 7.53. The van der Waals surface area contributed by atoms with E-state index in [1.807, 2.05) is 38.1 Å². The van der Waals surface area contributed by atoms with Crippen molar-refractivity contribution < 1.29 is 23.9 Å². The molecule has 1 N–H and O–H groups in total. The zero-order valence-electron chi connectivity index (χ0n) is 18.3. The smallest absolute Gasteiger partial charge is 0.354 e. The lowest BCUT2D eigenvalue weighted by Crippen LogP contribution is -2.35. The summed E-state index contributed by atoms with van der Waals surface area (Å²) in [6.45, 7) is 5.33. The van der Waals surface area contributed by atoms with Crippen molar-refractivity contribution in [2.45, 2.75) is 40.0 Å². The number of hydrogen-bond donors (Lipinski definition) is 1. The number of nitrogens with one attached hydrogen (secondary N) is 1. The van der Waals surface area contributed by atoms with Gasteiger partial charge in [0.05, 0.1) is 10.6 Å². The lowest BCUT2D eigenvalue weighted by Gasteiger charge is -2.24. The lowest BCUT2D eigenvalue weighted by atomic mass is 10.1. The second-order valence-corrected chi connectivity index (χ2v) is 8.71. The van der Waals surface area contributed by atoms with Crippen LogP contribution in [0, 0.1) is 13.8 Å². The number of esters is 1. The molecule has 2 heterocycles. The van der Waals surface area contributed by atoms with Crippen LogP contribution < -0.4 is 10.3 Å². The summed E-state index contributed by atoms with van der Waals surface area (Å²) in [4.78, 5) is 49.7. The van der Waals surface area contributed by atoms with Gasteiger partial charge in [-0.25, -0.2) is 4.79 Å². The number of hydrogen-bond acceptors (Lipinski definition) is 7. The minimum Gasteiger partial charge on any atom is -0.453 e. The Morgan fingerprint density at radius 3 is 2.69 bits per heavy atom. The Balaban J connectivity index is 1.61. The molecule has 9 heteroatoms. The molecule has 0 saturated heterocycles. The van der Waals surface area contributed by atoms with E-state index in [9.17, 15) is 19.2 Å². The van der Waals surface area contributed by atoms with Gasteiger partial charge in [0, 0.05) is 31.2 Å². The topological polar surface area (TPSA) is 105 Å². The predicted molar refractivity (Wildman–Crippen MR) is 122 cm³/mol. The number of benzene rings is 1. The van der Waals surface area contributed by atoms with E-state index in [4.69, 9.17) is 4.74 Å². The van der Waals surface area contributed by atoms with E-state index in [-0.39, 0.29) is 36.2 Å². The van der Waals surface area contributed by atoms with Crippen LogP contribution in [0.1, 0.15) is 45.4 Å². The van der Waals surface area contributed by atoms with Gasteiger partial charge in [0.15, 0.2) is 6.61 Å². The third kappa shape index (κ3) is 5.88. The number of Topliss-reactive ketones (excluding diaryl/α,β-unsaturated/α-hetero) is 1. The van der Waals surface area contributed by atoms with Crippen molar-refractivity contribution >= 4 is 46.3 Å². The molecule has 0 atom stereocenters. The van der Waals surface area contributed by atoms with E-state index in [1.165, 1.54) is 23.3 Å². The first kappa shape index (κ1) is 23.3. The summed E-state index contributed by atoms with van der Waals surface area (Å²) in [6.07, 6.45) is 0.924. The highest BCUT2D eigenvalue weighted by Gasteiger charge is 2.28. The van der Waals surface area contributed by atoms with Crippen LogP contribution in [0.3, 0.4) is 0 Å². The molecular formula is C23H25N3O5S. The molecular weight excluding hydrogens is 430 g/mol. The van der Waals surface area contributed by atoms with Gasteiger partial charge < -0.3 is 10.1 Å². The molecule has 32 heavy (non-hydrogen) atoms. The van der Waals surface area contributed by atoms with E-state index in [0.717, 1.165) is 16.0 Å². The van der Waals surface area contributed by atoms with Gasteiger partial charge in [0.1, 0.15) is 5.71 Å². The molecule has 2 aromatic rings. The highest BCUT2D eigenvalue weighted by Crippen LogP contribution is 2.25. The average Bonchev–Trinajstić information content (AvgIpc) is 3.22.